The van der Waals surface area contributed by atoms with Gasteiger partial charge in [0.15, 0.2) is 0 Å². The van der Waals surface area contributed by atoms with Gasteiger partial charge >= 0.3 is 0 Å². The van der Waals surface area contributed by atoms with Crippen LogP contribution in [0.5, 0.6) is 0 Å². The van der Waals surface area contributed by atoms with Crippen molar-refractivity contribution < 1.29 is 18.7 Å². The summed E-state index contributed by atoms with van der Waals surface area (Å²) in [5.41, 5.74) is 2.98. The van der Waals surface area contributed by atoms with Crippen LogP contribution in [-0.2, 0) is 16.0 Å². The monoisotopic (exact) mass is 449 g/mol. The number of carbonyl (C=O) groups is 2. The molecule has 0 radical (unpaired) electrons. The third-order valence-corrected chi connectivity index (χ3v) is 5.89. The molecular formula is C26H28FN3O3. The Labute approximate surface area is 193 Å². The molecule has 6 nitrogen and oxygen atoms in total. The van der Waals surface area contributed by atoms with Gasteiger partial charge < -0.3 is 14.5 Å². The topological polar surface area (TPSA) is 62.7 Å². The molecule has 1 fully saturated rings. The van der Waals surface area contributed by atoms with Gasteiger partial charge in [0, 0.05) is 32.4 Å². The number of rotatable bonds is 6. The number of para-hydroxylation sites is 1. The Kier molecular flexibility index (Phi) is 6.99. The summed E-state index contributed by atoms with van der Waals surface area (Å²) in [5.74, 6) is -0.290. The third kappa shape index (κ3) is 5.37. The van der Waals surface area contributed by atoms with Crippen LogP contribution in [0, 0.1) is 5.82 Å². The summed E-state index contributed by atoms with van der Waals surface area (Å²) in [6, 6.07) is 15.7. The summed E-state index contributed by atoms with van der Waals surface area (Å²) in [6.07, 6.45) is 1.45. The number of hydrogen-bond acceptors (Lipinski definition) is 4. The summed E-state index contributed by atoms with van der Waals surface area (Å²) in [4.78, 5) is 33.7. The number of benzene rings is 2. The minimum Gasteiger partial charge on any atom is -0.368 e. The predicted molar refractivity (Wildman–Crippen MR) is 124 cm³/mol. The van der Waals surface area contributed by atoms with E-state index in [1.165, 1.54) is 12.1 Å². The SMILES string of the molecule is CN(C)C(=O)c1cc([C@H]2CN(C(=O)CCCc3ccc(F)cc3)CCO2)nc2ccccc12. The number of aryl methyl sites for hydroxylation is 1. The van der Waals surface area contributed by atoms with Gasteiger partial charge in [-0.2, -0.15) is 0 Å². The van der Waals surface area contributed by atoms with Gasteiger partial charge in [-0.05, 0) is 42.7 Å². The molecule has 3 aromatic rings. The molecule has 0 aliphatic carbocycles. The molecule has 0 bridgehead atoms. The first-order valence-electron chi connectivity index (χ1n) is 11.2. The van der Waals surface area contributed by atoms with Crippen molar-refractivity contribution in [2.75, 3.05) is 33.8 Å². The van der Waals surface area contributed by atoms with Gasteiger partial charge in [0.05, 0.1) is 29.9 Å². The van der Waals surface area contributed by atoms with Gasteiger partial charge in [-0.1, -0.05) is 30.3 Å². The lowest BCUT2D eigenvalue weighted by molar-refractivity contribution is -0.139. The fourth-order valence-corrected chi connectivity index (χ4v) is 4.09. The van der Waals surface area contributed by atoms with Crippen molar-refractivity contribution in [2.45, 2.75) is 25.4 Å². The number of amides is 2. The number of carbonyl (C=O) groups excluding carboxylic acids is 2. The lowest BCUT2D eigenvalue weighted by Crippen LogP contribution is -2.42. The number of aromatic nitrogens is 1. The van der Waals surface area contributed by atoms with Crippen molar-refractivity contribution in [1.29, 1.82) is 0 Å². The van der Waals surface area contributed by atoms with Crippen LogP contribution < -0.4 is 0 Å². The Hall–Kier alpha value is -3.32. The summed E-state index contributed by atoms with van der Waals surface area (Å²) in [7, 11) is 3.45. The van der Waals surface area contributed by atoms with Crippen molar-refractivity contribution in [2.24, 2.45) is 0 Å². The van der Waals surface area contributed by atoms with Crippen LogP contribution >= 0.6 is 0 Å². The summed E-state index contributed by atoms with van der Waals surface area (Å²) < 4.78 is 19.0. The van der Waals surface area contributed by atoms with Crippen LogP contribution in [0.3, 0.4) is 0 Å². The fourth-order valence-electron chi connectivity index (χ4n) is 4.09. The van der Waals surface area contributed by atoms with Crippen molar-refractivity contribution in [3.63, 3.8) is 0 Å². The standard InChI is InChI=1S/C26H28FN3O3/c1-29(2)26(32)21-16-23(28-22-8-4-3-7-20(21)22)24-17-30(14-15-33-24)25(31)9-5-6-18-10-12-19(27)13-11-18/h3-4,7-8,10-13,16,24H,5-6,9,14-15,17H2,1-2H3/t24-/m1/s1. The van der Waals surface area contributed by atoms with Crippen LogP contribution in [0.15, 0.2) is 54.6 Å². The van der Waals surface area contributed by atoms with Crippen molar-refractivity contribution >= 4 is 22.7 Å². The van der Waals surface area contributed by atoms with E-state index in [1.54, 1.807) is 37.2 Å². The number of fused-ring (bicyclic) bond motifs is 1. The van der Waals surface area contributed by atoms with Crippen molar-refractivity contribution in [3.8, 4) is 0 Å². The van der Waals surface area contributed by atoms with Gasteiger partial charge in [-0.3, -0.25) is 9.59 Å². The molecule has 4 rings (SSSR count). The van der Waals surface area contributed by atoms with Crippen LogP contribution in [0.25, 0.3) is 10.9 Å². The maximum absolute atomic E-state index is 13.1. The second kappa shape index (κ2) is 10.1. The maximum atomic E-state index is 13.1. The van der Waals surface area contributed by atoms with Gasteiger partial charge in [0.1, 0.15) is 11.9 Å². The number of pyridine rings is 1. The molecule has 33 heavy (non-hydrogen) atoms. The van der Waals surface area contributed by atoms with E-state index in [4.69, 9.17) is 9.72 Å². The van der Waals surface area contributed by atoms with Gasteiger partial charge in [0.25, 0.3) is 5.91 Å². The molecule has 1 aromatic heterocycles. The summed E-state index contributed by atoms with van der Waals surface area (Å²) >= 11 is 0. The maximum Gasteiger partial charge on any atom is 0.254 e. The Balaban J connectivity index is 1.46. The number of nitrogens with zero attached hydrogens (tertiary/aromatic N) is 3. The molecule has 2 heterocycles. The molecule has 2 amide bonds. The molecule has 0 unspecified atom stereocenters. The Morgan fingerprint density at radius 3 is 2.67 bits per heavy atom. The third-order valence-electron chi connectivity index (χ3n) is 5.89. The minimum absolute atomic E-state index is 0.0655. The van der Waals surface area contributed by atoms with Gasteiger partial charge in [0.2, 0.25) is 5.91 Å². The van der Waals surface area contributed by atoms with E-state index in [-0.39, 0.29) is 17.6 Å². The quantitative estimate of drug-likeness (QED) is 0.571. The summed E-state index contributed by atoms with van der Waals surface area (Å²) in [6.45, 7) is 1.35. The minimum atomic E-state index is -0.391. The molecule has 172 valence electrons. The van der Waals surface area contributed by atoms with Gasteiger partial charge in [-0.15, -0.1) is 0 Å². The van der Waals surface area contributed by atoms with E-state index in [1.807, 2.05) is 29.2 Å². The second-order valence-electron chi connectivity index (χ2n) is 8.49. The first-order valence-corrected chi connectivity index (χ1v) is 11.2. The van der Waals surface area contributed by atoms with E-state index < -0.39 is 6.10 Å². The molecule has 1 aliphatic rings. The molecule has 1 aliphatic heterocycles. The highest BCUT2D eigenvalue weighted by Crippen LogP contribution is 2.27. The van der Waals surface area contributed by atoms with E-state index in [0.29, 0.717) is 43.8 Å². The van der Waals surface area contributed by atoms with E-state index in [0.717, 1.165) is 22.9 Å². The normalized spacial score (nSPS) is 16.1. The Bertz CT molecular complexity index is 1150. The van der Waals surface area contributed by atoms with Crippen LogP contribution in [-0.4, -0.2) is 60.4 Å². The molecular weight excluding hydrogens is 421 g/mol. The van der Waals surface area contributed by atoms with Crippen LogP contribution in [0.4, 0.5) is 4.39 Å². The number of morpholine rings is 1. The zero-order chi connectivity index (χ0) is 23.4. The van der Waals surface area contributed by atoms with Crippen LogP contribution in [0.2, 0.25) is 0 Å². The molecule has 1 atom stereocenters. The van der Waals surface area contributed by atoms with E-state index >= 15 is 0 Å². The van der Waals surface area contributed by atoms with E-state index in [2.05, 4.69) is 0 Å². The molecule has 2 aromatic carbocycles. The lowest BCUT2D eigenvalue weighted by atomic mass is 10.0. The molecule has 0 N–H and O–H groups in total. The zero-order valence-corrected chi connectivity index (χ0v) is 19.0. The van der Waals surface area contributed by atoms with Crippen molar-refractivity contribution in [1.82, 2.24) is 14.8 Å². The number of ether oxygens (including phenoxy) is 1. The molecule has 0 saturated carbocycles. The predicted octanol–water partition coefficient (Wildman–Crippen LogP) is 4.00. The second-order valence-corrected chi connectivity index (χ2v) is 8.49. The molecule has 0 spiro atoms. The van der Waals surface area contributed by atoms with Crippen LogP contribution in [0.1, 0.15) is 40.6 Å². The average Bonchev–Trinajstić information content (AvgIpc) is 2.84. The number of hydrogen-bond donors (Lipinski definition) is 0. The first kappa shape index (κ1) is 22.9. The lowest BCUT2D eigenvalue weighted by Gasteiger charge is -2.33. The highest BCUT2D eigenvalue weighted by molar-refractivity contribution is 6.06. The van der Waals surface area contributed by atoms with Gasteiger partial charge in [-0.25, -0.2) is 9.37 Å². The average molecular weight is 450 g/mol. The van der Waals surface area contributed by atoms with E-state index in [9.17, 15) is 14.0 Å². The largest absolute Gasteiger partial charge is 0.368 e. The Morgan fingerprint density at radius 1 is 1.15 bits per heavy atom. The summed E-state index contributed by atoms with van der Waals surface area (Å²) in [5, 5.41) is 0.796. The smallest absolute Gasteiger partial charge is 0.254 e. The highest BCUT2D eigenvalue weighted by Gasteiger charge is 2.27. The fraction of sp³-hybridized carbons (Fsp3) is 0.346. The number of halogens is 1. The van der Waals surface area contributed by atoms with Crippen molar-refractivity contribution in [3.05, 3.63) is 77.2 Å². The molecule has 1 saturated heterocycles. The molecule has 7 heteroatoms. The Morgan fingerprint density at radius 2 is 1.91 bits per heavy atom. The first-order chi connectivity index (χ1) is 15.9. The zero-order valence-electron chi connectivity index (χ0n) is 19.0. The highest BCUT2D eigenvalue weighted by atomic mass is 19.1.